The number of carbonyl (C=O) groups excluding carboxylic acids is 2. The van der Waals surface area contributed by atoms with Crippen LogP contribution in [0.25, 0.3) is 6.08 Å². The van der Waals surface area contributed by atoms with Crippen LogP contribution < -0.4 is 4.90 Å². The summed E-state index contributed by atoms with van der Waals surface area (Å²) >= 11 is 0. The van der Waals surface area contributed by atoms with Gasteiger partial charge in [-0.3, -0.25) is 4.79 Å². The first-order valence-electron chi connectivity index (χ1n) is 9.85. The number of aromatic nitrogens is 1. The molecule has 6 heteroatoms. The average Bonchev–Trinajstić information content (AvgIpc) is 3.38. The highest BCUT2D eigenvalue weighted by Crippen LogP contribution is 2.38. The molecule has 1 aliphatic carbocycles. The van der Waals surface area contributed by atoms with E-state index >= 15 is 0 Å². The third-order valence-corrected chi connectivity index (χ3v) is 5.59. The Morgan fingerprint density at radius 1 is 1.28 bits per heavy atom. The van der Waals surface area contributed by atoms with Gasteiger partial charge in [0.05, 0.1) is 0 Å². The zero-order valence-corrected chi connectivity index (χ0v) is 16.6. The molecular weight excluding hydrogens is 366 g/mol. The number of aryl methyl sites for hydroxylation is 1. The first-order valence-corrected chi connectivity index (χ1v) is 9.85. The van der Waals surface area contributed by atoms with Crippen molar-refractivity contribution < 1.29 is 14.3 Å². The van der Waals surface area contributed by atoms with E-state index in [4.69, 9.17) is 4.74 Å². The number of ether oxygens (including phenoxy) is 1. The second-order valence-electron chi connectivity index (χ2n) is 7.60. The molecule has 1 aromatic carbocycles. The second-order valence-corrected chi connectivity index (χ2v) is 7.60. The summed E-state index contributed by atoms with van der Waals surface area (Å²) in [5.74, 6) is -1.06. The van der Waals surface area contributed by atoms with Gasteiger partial charge in [0, 0.05) is 29.7 Å². The van der Waals surface area contributed by atoms with Crippen LogP contribution in [0.15, 0.2) is 35.9 Å². The number of para-hydroxylation sites is 1. The first kappa shape index (κ1) is 19.0. The van der Waals surface area contributed by atoms with E-state index in [1.54, 1.807) is 11.0 Å². The second kappa shape index (κ2) is 7.59. The Morgan fingerprint density at radius 3 is 2.76 bits per heavy atom. The number of hydrogen-bond donors (Lipinski definition) is 0. The molecule has 1 amide bonds. The fourth-order valence-corrected chi connectivity index (χ4v) is 4.02. The van der Waals surface area contributed by atoms with Crippen LogP contribution in [-0.2, 0) is 20.7 Å². The maximum Gasteiger partial charge on any atom is 0.349 e. The number of nitriles is 1. The Hall–Kier alpha value is -3.33. The molecule has 1 saturated carbocycles. The van der Waals surface area contributed by atoms with Gasteiger partial charge in [-0.1, -0.05) is 18.2 Å². The minimum Gasteiger partial charge on any atom is -0.451 e. The predicted octanol–water partition coefficient (Wildman–Crippen LogP) is 3.48. The lowest BCUT2D eigenvalue weighted by atomic mass is 10.1. The third-order valence-electron chi connectivity index (χ3n) is 5.59. The number of benzene rings is 1. The van der Waals surface area contributed by atoms with Gasteiger partial charge in [-0.15, -0.1) is 0 Å². The molecule has 0 unspecified atom stereocenters. The van der Waals surface area contributed by atoms with Crippen LogP contribution in [0.5, 0.6) is 0 Å². The number of rotatable bonds is 5. The summed E-state index contributed by atoms with van der Waals surface area (Å²) < 4.78 is 7.42. The van der Waals surface area contributed by atoms with Crippen molar-refractivity contribution >= 4 is 23.6 Å². The molecule has 0 bridgehead atoms. The van der Waals surface area contributed by atoms with Gasteiger partial charge in [0.2, 0.25) is 0 Å². The lowest BCUT2D eigenvalue weighted by Gasteiger charge is -2.17. The molecule has 0 radical (unpaired) electrons. The molecule has 0 N–H and O–H groups in total. The van der Waals surface area contributed by atoms with Crippen molar-refractivity contribution in [2.24, 2.45) is 0 Å². The van der Waals surface area contributed by atoms with Gasteiger partial charge in [-0.2, -0.15) is 5.26 Å². The smallest absolute Gasteiger partial charge is 0.349 e. The summed E-state index contributed by atoms with van der Waals surface area (Å²) in [6, 6.07) is 12.1. The number of carbonyl (C=O) groups is 2. The molecule has 6 nitrogen and oxygen atoms in total. The van der Waals surface area contributed by atoms with E-state index in [-0.39, 0.29) is 18.1 Å². The van der Waals surface area contributed by atoms with Gasteiger partial charge in [0.1, 0.15) is 11.6 Å². The molecule has 1 fully saturated rings. The number of anilines is 1. The molecule has 148 valence electrons. The SMILES string of the molecule is Cc1cc(/C=C(\C#N)C(=O)OCC(=O)N2CCc3ccccc32)c(C)n1C1CC1. The Kier molecular flexibility index (Phi) is 4.98. The molecular formula is C23H23N3O3. The standard InChI is InChI=1S/C23H23N3O3/c1-15-11-18(16(2)26(15)20-7-8-20)12-19(13-24)23(28)29-14-22(27)25-10-9-17-5-3-4-6-21(17)25/h3-6,11-12,20H,7-10,14H2,1-2H3/b19-12+. The average molecular weight is 389 g/mol. The zero-order chi connectivity index (χ0) is 20.5. The fraction of sp³-hybridized carbons (Fsp3) is 0.348. The number of hydrogen-bond acceptors (Lipinski definition) is 4. The van der Waals surface area contributed by atoms with Crippen molar-refractivity contribution in [3.63, 3.8) is 0 Å². The largest absolute Gasteiger partial charge is 0.451 e. The molecule has 2 aliphatic rings. The van der Waals surface area contributed by atoms with Crippen LogP contribution in [0.4, 0.5) is 5.69 Å². The van der Waals surface area contributed by atoms with E-state index in [9.17, 15) is 14.9 Å². The predicted molar refractivity (Wildman–Crippen MR) is 109 cm³/mol. The van der Waals surface area contributed by atoms with Gasteiger partial charge >= 0.3 is 5.97 Å². The van der Waals surface area contributed by atoms with Gasteiger partial charge in [-0.25, -0.2) is 4.79 Å². The highest BCUT2D eigenvalue weighted by atomic mass is 16.5. The van der Waals surface area contributed by atoms with Crippen molar-refractivity contribution in [2.75, 3.05) is 18.1 Å². The van der Waals surface area contributed by atoms with Crippen LogP contribution in [0.2, 0.25) is 0 Å². The normalized spacial score (nSPS) is 15.8. The van der Waals surface area contributed by atoms with Gasteiger partial charge in [0.25, 0.3) is 5.91 Å². The highest BCUT2D eigenvalue weighted by Gasteiger charge is 2.28. The summed E-state index contributed by atoms with van der Waals surface area (Å²) in [5, 5.41) is 9.43. The van der Waals surface area contributed by atoms with E-state index in [0.29, 0.717) is 12.6 Å². The quantitative estimate of drug-likeness (QED) is 0.446. The van der Waals surface area contributed by atoms with E-state index < -0.39 is 5.97 Å². The fourth-order valence-electron chi connectivity index (χ4n) is 4.02. The Bertz CT molecular complexity index is 1050. The summed E-state index contributed by atoms with van der Waals surface area (Å²) in [5.41, 5.74) is 4.85. The minimum absolute atomic E-state index is 0.101. The summed E-state index contributed by atoms with van der Waals surface area (Å²) in [6.45, 7) is 4.21. The van der Waals surface area contributed by atoms with E-state index in [0.717, 1.165) is 47.5 Å². The number of fused-ring (bicyclic) bond motifs is 1. The third kappa shape index (κ3) is 3.68. The molecule has 0 spiro atoms. The Labute approximate surface area is 170 Å². The van der Waals surface area contributed by atoms with Crippen LogP contribution in [0.1, 0.15) is 41.4 Å². The monoisotopic (exact) mass is 389 g/mol. The zero-order valence-electron chi connectivity index (χ0n) is 16.6. The number of nitrogens with zero attached hydrogens (tertiary/aromatic N) is 3. The van der Waals surface area contributed by atoms with Crippen molar-refractivity contribution in [1.82, 2.24) is 4.57 Å². The van der Waals surface area contributed by atoms with Crippen LogP contribution >= 0.6 is 0 Å². The lowest BCUT2D eigenvalue weighted by Crippen LogP contribution is -2.33. The van der Waals surface area contributed by atoms with Gasteiger partial charge < -0.3 is 14.2 Å². The maximum atomic E-state index is 12.5. The van der Waals surface area contributed by atoms with Crippen molar-refractivity contribution in [3.05, 3.63) is 58.4 Å². The lowest BCUT2D eigenvalue weighted by molar-refractivity contribution is -0.143. The molecule has 2 heterocycles. The highest BCUT2D eigenvalue weighted by molar-refractivity contribution is 6.01. The minimum atomic E-state index is -0.774. The van der Waals surface area contributed by atoms with Crippen LogP contribution in [0.3, 0.4) is 0 Å². The Morgan fingerprint density at radius 2 is 2.03 bits per heavy atom. The Balaban J connectivity index is 1.44. The van der Waals surface area contributed by atoms with Crippen molar-refractivity contribution in [3.8, 4) is 6.07 Å². The van der Waals surface area contributed by atoms with Crippen LogP contribution in [-0.4, -0.2) is 29.6 Å². The van der Waals surface area contributed by atoms with E-state index in [1.165, 1.54) is 0 Å². The molecule has 4 rings (SSSR count). The summed E-state index contributed by atoms with van der Waals surface area (Å²) in [7, 11) is 0. The molecule has 2 aromatic rings. The topological polar surface area (TPSA) is 75.3 Å². The summed E-state index contributed by atoms with van der Waals surface area (Å²) in [6.07, 6.45) is 4.66. The van der Waals surface area contributed by atoms with E-state index in [2.05, 4.69) is 4.57 Å². The number of esters is 1. The number of amides is 1. The molecule has 0 atom stereocenters. The van der Waals surface area contributed by atoms with Gasteiger partial charge in [-0.05, 0) is 62.4 Å². The van der Waals surface area contributed by atoms with Crippen molar-refractivity contribution in [1.29, 1.82) is 5.26 Å². The van der Waals surface area contributed by atoms with Gasteiger partial charge in [0.15, 0.2) is 6.61 Å². The van der Waals surface area contributed by atoms with Crippen LogP contribution in [0, 0.1) is 25.2 Å². The molecule has 1 aliphatic heterocycles. The molecule has 0 saturated heterocycles. The maximum absolute atomic E-state index is 12.5. The molecule has 29 heavy (non-hydrogen) atoms. The van der Waals surface area contributed by atoms with Crippen molar-refractivity contribution in [2.45, 2.75) is 39.2 Å². The van der Waals surface area contributed by atoms with E-state index in [1.807, 2.05) is 50.2 Å². The summed E-state index contributed by atoms with van der Waals surface area (Å²) in [4.78, 5) is 26.5. The molecule has 1 aromatic heterocycles. The first-order chi connectivity index (χ1) is 14.0.